The van der Waals surface area contributed by atoms with Gasteiger partial charge in [-0.1, -0.05) is 47.6 Å². The first-order valence-corrected chi connectivity index (χ1v) is 9.49. The highest BCUT2D eigenvalue weighted by molar-refractivity contribution is 8.15. The van der Waals surface area contributed by atoms with Crippen LogP contribution >= 0.6 is 23.4 Å². The van der Waals surface area contributed by atoms with Gasteiger partial charge >= 0.3 is 0 Å². The Kier molecular flexibility index (Phi) is 5.96. The maximum atomic E-state index is 12.6. The van der Waals surface area contributed by atoms with Crippen molar-refractivity contribution in [3.8, 4) is 0 Å². The summed E-state index contributed by atoms with van der Waals surface area (Å²) >= 11 is 7.31. The Morgan fingerprint density at radius 1 is 1.23 bits per heavy atom. The van der Waals surface area contributed by atoms with E-state index < -0.39 is 5.25 Å². The summed E-state index contributed by atoms with van der Waals surface area (Å²) < 4.78 is 0. The van der Waals surface area contributed by atoms with Gasteiger partial charge in [0.05, 0.1) is 5.69 Å². The van der Waals surface area contributed by atoms with Crippen molar-refractivity contribution >= 4 is 51.7 Å². The third kappa shape index (κ3) is 4.45. The third-order valence-electron chi connectivity index (χ3n) is 3.80. The summed E-state index contributed by atoms with van der Waals surface area (Å²) in [7, 11) is 0. The first-order chi connectivity index (χ1) is 12.6. The number of anilines is 1. The van der Waals surface area contributed by atoms with E-state index in [0.717, 1.165) is 0 Å². The standard InChI is InChI=1S/C19H18ClN3O2S/c1-2-23-18(25)16(12-17(24)21-14-8-4-3-5-9-14)26-19(23)22-15-10-6-7-13(20)11-15/h3-11,16H,2,12H2,1H3,(H,21,24)/t16-/m0/s1. The molecule has 0 aromatic heterocycles. The van der Waals surface area contributed by atoms with Crippen LogP contribution in [0.25, 0.3) is 0 Å². The van der Waals surface area contributed by atoms with Crippen LogP contribution in [0.3, 0.4) is 0 Å². The largest absolute Gasteiger partial charge is 0.326 e. The van der Waals surface area contributed by atoms with Crippen LogP contribution in [0.5, 0.6) is 0 Å². The molecule has 7 heteroatoms. The Bertz CT molecular complexity index is 842. The van der Waals surface area contributed by atoms with Crippen molar-refractivity contribution in [1.29, 1.82) is 0 Å². The molecule has 0 radical (unpaired) electrons. The van der Waals surface area contributed by atoms with Crippen LogP contribution in [-0.2, 0) is 9.59 Å². The van der Waals surface area contributed by atoms with Gasteiger partial charge in [-0.2, -0.15) is 0 Å². The molecule has 1 fully saturated rings. The van der Waals surface area contributed by atoms with Crippen LogP contribution in [0.1, 0.15) is 13.3 Å². The molecule has 0 unspecified atom stereocenters. The minimum Gasteiger partial charge on any atom is -0.326 e. The minimum atomic E-state index is -0.475. The summed E-state index contributed by atoms with van der Waals surface area (Å²) in [5, 5.41) is 3.52. The smallest absolute Gasteiger partial charge is 0.242 e. The SMILES string of the molecule is CCN1C(=O)[C@H](CC(=O)Nc2ccccc2)SC1=Nc1cccc(Cl)c1. The van der Waals surface area contributed by atoms with Gasteiger partial charge in [0.1, 0.15) is 5.25 Å². The molecule has 1 atom stereocenters. The Morgan fingerprint density at radius 2 is 2.00 bits per heavy atom. The Hall–Kier alpha value is -2.31. The van der Waals surface area contributed by atoms with Gasteiger partial charge in [-0.25, -0.2) is 4.99 Å². The number of amidine groups is 1. The van der Waals surface area contributed by atoms with Crippen LogP contribution in [-0.4, -0.2) is 33.7 Å². The molecule has 1 N–H and O–H groups in total. The molecular weight excluding hydrogens is 370 g/mol. The van der Waals surface area contributed by atoms with Gasteiger partial charge in [-0.3, -0.25) is 14.5 Å². The molecular formula is C19H18ClN3O2S. The quantitative estimate of drug-likeness (QED) is 0.831. The van der Waals surface area contributed by atoms with Gasteiger partial charge < -0.3 is 5.32 Å². The number of carbonyl (C=O) groups excluding carboxylic acids is 2. The summed E-state index contributed by atoms with van der Waals surface area (Å²) in [6.45, 7) is 2.39. The number of hydrogen-bond donors (Lipinski definition) is 1. The monoisotopic (exact) mass is 387 g/mol. The lowest BCUT2D eigenvalue weighted by atomic mass is 10.2. The number of amides is 2. The summed E-state index contributed by atoms with van der Waals surface area (Å²) in [5.41, 5.74) is 1.40. The van der Waals surface area contributed by atoms with Gasteiger partial charge in [0.2, 0.25) is 11.8 Å². The number of carbonyl (C=O) groups is 2. The second-order valence-corrected chi connectivity index (χ2v) is 7.29. The first kappa shape index (κ1) is 18.5. The predicted molar refractivity (Wildman–Crippen MR) is 107 cm³/mol. The fourth-order valence-electron chi connectivity index (χ4n) is 2.57. The highest BCUT2D eigenvalue weighted by Crippen LogP contribution is 2.32. The van der Waals surface area contributed by atoms with Crippen LogP contribution in [0.15, 0.2) is 59.6 Å². The average Bonchev–Trinajstić information content (AvgIpc) is 2.90. The first-order valence-electron chi connectivity index (χ1n) is 8.24. The van der Waals surface area contributed by atoms with E-state index in [1.807, 2.05) is 49.4 Å². The number of hydrogen-bond acceptors (Lipinski definition) is 4. The molecule has 3 rings (SSSR count). The highest BCUT2D eigenvalue weighted by atomic mass is 35.5. The number of nitrogens with zero attached hydrogens (tertiary/aromatic N) is 2. The molecule has 26 heavy (non-hydrogen) atoms. The lowest BCUT2D eigenvalue weighted by molar-refractivity contribution is -0.128. The zero-order chi connectivity index (χ0) is 18.5. The third-order valence-corrected chi connectivity index (χ3v) is 5.21. The lowest BCUT2D eigenvalue weighted by Crippen LogP contribution is -2.33. The van der Waals surface area contributed by atoms with Crippen molar-refractivity contribution in [3.05, 3.63) is 59.6 Å². The molecule has 134 valence electrons. The number of para-hydroxylation sites is 1. The summed E-state index contributed by atoms with van der Waals surface area (Å²) in [4.78, 5) is 31.0. The molecule has 2 amide bonds. The number of nitrogens with one attached hydrogen (secondary N) is 1. The number of aliphatic imine (C=N–C) groups is 1. The molecule has 5 nitrogen and oxygen atoms in total. The Balaban J connectivity index is 1.71. The second-order valence-electron chi connectivity index (χ2n) is 5.68. The van der Waals surface area contributed by atoms with E-state index in [2.05, 4.69) is 10.3 Å². The van der Waals surface area contributed by atoms with Crippen molar-refractivity contribution in [1.82, 2.24) is 4.90 Å². The van der Waals surface area contributed by atoms with Crippen molar-refractivity contribution in [2.24, 2.45) is 4.99 Å². The van der Waals surface area contributed by atoms with E-state index in [1.165, 1.54) is 11.8 Å². The number of halogens is 1. The van der Waals surface area contributed by atoms with E-state index in [1.54, 1.807) is 17.0 Å². The van der Waals surface area contributed by atoms with Crippen molar-refractivity contribution in [2.45, 2.75) is 18.6 Å². The molecule has 2 aromatic rings. The van der Waals surface area contributed by atoms with Crippen molar-refractivity contribution in [2.75, 3.05) is 11.9 Å². The van der Waals surface area contributed by atoms with Gasteiger partial charge in [0.15, 0.2) is 5.17 Å². The van der Waals surface area contributed by atoms with Crippen LogP contribution in [0, 0.1) is 0 Å². The minimum absolute atomic E-state index is 0.0958. The molecule has 1 aliphatic rings. The Labute approximate surface area is 161 Å². The van der Waals surface area contributed by atoms with Crippen LogP contribution in [0.2, 0.25) is 5.02 Å². The molecule has 1 heterocycles. The van der Waals surface area contributed by atoms with Crippen molar-refractivity contribution < 1.29 is 9.59 Å². The maximum absolute atomic E-state index is 12.6. The number of benzene rings is 2. The maximum Gasteiger partial charge on any atom is 0.242 e. The fraction of sp³-hybridized carbons (Fsp3) is 0.211. The van der Waals surface area contributed by atoms with E-state index in [0.29, 0.717) is 28.1 Å². The van der Waals surface area contributed by atoms with Crippen LogP contribution in [0.4, 0.5) is 11.4 Å². The normalized spacial score (nSPS) is 18.4. The lowest BCUT2D eigenvalue weighted by Gasteiger charge is -2.13. The number of thioether (sulfide) groups is 1. The molecule has 1 aliphatic heterocycles. The van der Waals surface area contributed by atoms with E-state index in [-0.39, 0.29) is 18.2 Å². The van der Waals surface area contributed by atoms with Gasteiger partial charge in [-0.05, 0) is 37.3 Å². The van der Waals surface area contributed by atoms with Crippen molar-refractivity contribution in [3.63, 3.8) is 0 Å². The van der Waals surface area contributed by atoms with Gasteiger partial charge in [0.25, 0.3) is 0 Å². The Morgan fingerprint density at radius 3 is 2.69 bits per heavy atom. The zero-order valence-electron chi connectivity index (χ0n) is 14.2. The fourth-order valence-corrected chi connectivity index (χ4v) is 3.98. The van der Waals surface area contributed by atoms with E-state index >= 15 is 0 Å². The molecule has 1 saturated heterocycles. The van der Waals surface area contributed by atoms with Gasteiger partial charge in [-0.15, -0.1) is 0 Å². The summed E-state index contributed by atoms with van der Waals surface area (Å²) in [6, 6.07) is 16.3. The molecule has 0 spiro atoms. The van der Waals surface area contributed by atoms with Gasteiger partial charge in [0, 0.05) is 23.7 Å². The molecule has 0 saturated carbocycles. The average molecular weight is 388 g/mol. The van der Waals surface area contributed by atoms with E-state index in [9.17, 15) is 9.59 Å². The summed E-state index contributed by atoms with van der Waals surface area (Å²) in [6.07, 6.45) is 0.101. The molecule has 2 aromatic carbocycles. The highest BCUT2D eigenvalue weighted by Gasteiger charge is 2.38. The summed E-state index contributed by atoms with van der Waals surface area (Å²) in [5.74, 6) is -0.288. The number of rotatable bonds is 5. The van der Waals surface area contributed by atoms with E-state index in [4.69, 9.17) is 11.6 Å². The molecule has 0 bridgehead atoms. The predicted octanol–water partition coefficient (Wildman–Crippen LogP) is 4.32. The van der Waals surface area contributed by atoms with Crippen LogP contribution < -0.4 is 5.32 Å². The topological polar surface area (TPSA) is 61.8 Å². The zero-order valence-corrected chi connectivity index (χ0v) is 15.8. The second kappa shape index (κ2) is 8.38. The molecule has 0 aliphatic carbocycles.